The zero-order valence-corrected chi connectivity index (χ0v) is 14.1. The fourth-order valence-electron chi connectivity index (χ4n) is 2.28. The second-order valence-electron chi connectivity index (χ2n) is 5.02. The van der Waals surface area contributed by atoms with E-state index in [1.165, 1.54) is 12.1 Å². The number of nitrogens with zero attached hydrogens (tertiary/aromatic N) is 1. The Bertz CT molecular complexity index is 727. The van der Waals surface area contributed by atoms with Crippen LogP contribution in [-0.4, -0.2) is 5.06 Å². The Balaban J connectivity index is 1.76. The van der Waals surface area contributed by atoms with E-state index < -0.39 is 11.7 Å². The molecule has 1 aliphatic rings. The summed E-state index contributed by atoms with van der Waals surface area (Å²) in [5.41, 5.74) is 5.78. The molecule has 1 aromatic heterocycles. The van der Waals surface area contributed by atoms with Gasteiger partial charge in [-0.1, -0.05) is 12.1 Å². The van der Waals surface area contributed by atoms with Crippen LogP contribution >= 0.6 is 27.3 Å². The van der Waals surface area contributed by atoms with Gasteiger partial charge in [0.1, 0.15) is 6.04 Å². The largest absolute Gasteiger partial charge is 0.416 e. The smallest absolute Gasteiger partial charge is 0.387 e. The van der Waals surface area contributed by atoms with Gasteiger partial charge in [-0.2, -0.15) is 13.2 Å². The SMILES string of the molecule is NC1=CC(c2ccc(Br)s2)N(Cc2ccc(C(F)(F)F)cc2)O1. The number of hydrogen-bond acceptors (Lipinski definition) is 4. The number of benzene rings is 1. The zero-order valence-electron chi connectivity index (χ0n) is 11.7. The molecule has 0 saturated heterocycles. The third-order valence-corrected chi connectivity index (χ3v) is 5.05. The van der Waals surface area contributed by atoms with Crippen LogP contribution in [-0.2, 0) is 17.6 Å². The van der Waals surface area contributed by atoms with Gasteiger partial charge in [0.2, 0.25) is 5.88 Å². The van der Waals surface area contributed by atoms with E-state index in [9.17, 15) is 13.2 Å². The van der Waals surface area contributed by atoms with Gasteiger partial charge in [-0.3, -0.25) is 0 Å². The standard InChI is InChI=1S/C15H12BrF3N2OS/c16-13-6-5-12(23-13)11-7-14(20)22-21(11)8-9-1-3-10(4-2-9)15(17,18)19/h1-7,11H,8,20H2. The summed E-state index contributed by atoms with van der Waals surface area (Å²) in [5, 5.41) is 1.65. The van der Waals surface area contributed by atoms with Crippen molar-refractivity contribution in [1.82, 2.24) is 5.06 Å². The topological polar surface area (TPSA) is 38.5 Å². The first-order valence-electron chi connectivity index (χ1n) is 6.66. The van der Waals surface area contributed by atoms with Gasteiger partial charge < -0.3 is 10.6 Å². The fourth-order valence-corrected chi connectivity index (χ4v) is 3.78. The predicted octanol–water partition coefficient (Wildman–Crippen LogP) is 4.82. The number of hydrogen-bond donors (Lipinski definition) is 1. The van der Waals surface area contributed by atoms with Crippen LogP contribution in [0.2, 0.25) is 0 Å². The van der Waals surface area contributed by atoms with Gasteiger partial charge in [0.25, 0.3) is 0 Å². The van der Waals surface area contributed by atoms with E-state index in [0.717, 1.165) is 20.8 Å². The minimum Gasteiger partial charge on any atom is -0.387 e. The minimum atomic E-state index is -4.33. The molecule has 122 valence electrons. The minimum absolute atomic E-state index is 0.159. The molecule has 3 nitrogen and oxygen atoms in total. The number of nitrogens with two attached hydrogens (primary N) is 1. The monoisotopic (exact) mass is 404 g/mol. The van der Waals surface area contributed by atoms with Crippen LogP contribution in [0.4, 0.5) is 13.2 Å². The van der Waals surface area contributed by atoms with E-state index in [1.807, 2.05) is 12.1 Å². The molecule has 0 radical (unpaired) electrons. The molecule has 0 fully saturated rings. The number of halogens is 4. The molecule has 0 amide bonds. The molecule has 0 spiro atoms. The van der Waals surface area contributed by atoms with E-state index in [0.29, 0.717) is 12.1 Å². The molecular weight excluding hydrogens is 393 g/mol. The van der Waals surface area contributed by atoms with Crippen LogP contribution < -0.4 is 5.73 Å². The fraction of sp³-hybridized carbons (Fsp3) is 0.200. The normalized spacial score (nSPS) is 18.8. The third-order valence-electron chi connectivity index (χ3n) is 3.36. The van der Waals surface area contributed by atoms with Crippen LogP contribution in [0, 0.1) is 0 Å². The van der Waals surface area contributed by atoms with E-state index >= 15 is 0 Å². The summed E-state index contributed by atoms with van der Waals surface area (Å²) in [6.07, 6.45) is -2.55. The highest BCUT2D eigenvalue weighted by atomic mass is 79.9. The summed E-state index contributed by atoms with van der Waals surface area (Å²) in [7, 11) is 0. The lowest BCUT2D eigenvalue weighted by Gasteiger charge is -2.22. The van der Waals surface area contributed by atoms with E-state index in [2.05, 4.69) is 15.9 Å². The number of alkyl halides is 3. The van der Waals surface area contributed by atoms with Gasteiger partial charge in [-0.15, -0.1) is 16.4 Å². The molecule has 0 saturated carbocycles. The van der Waals surface area contributed by atoms with E-state index in [4.69, 9.17) is 10.6 Å². The molecule has 3 rings (SSSR count). The van der Waals surface area contributed by atoms with Crippen molar-refractivity contribution in [2.75, 3.05) is 0 Å². The molecule has 8 heteroatoms. The first-order valence-corrected chi connectivity index (χ1v) is 8.27. The van der Waals surface area contributed by atoms with Crippen LogP contribution in [0.15, 0.2) is 52.1 Å². The van der Waals surface area contributed by atoms with Crippen molar-refractivity contribution < 1.29 is 18.0 Å². The van der Waals surface area contributed by atoms with Crippen LogP contribution in [0.25, 0.3) is 0 Å². The molecule has 0 aliphatic carbocycles. The Hall–Kier alpha value is -1.51. The highest BCUT2D eigenvalue weighted by Crippen LogP contribution is 2.37. The number of thiophene rings is 1. The molecule has 1 atom stereocenters. The Labute approximate surface area is 143 Å². The molecule has 2 heterocycles. The van der Waals surface area contributed by atoms with Crippen LogP contribution in [0.5, 0.6) is 0 Å². The van der Waals surface area contributed by atoms with E-state index in [1.54, 1.807) is 22.5 Å². The average Bonchev–Trinajstić information content (AvgIpc) is 3.04. The molecule has 2 aromatic rings. The Kier molecular flexibility index (Phi) is 4.39. The maximum Gasteiger partial charge on any atom is 0.416 e. The highest BCUT2D eigenvalue weighted by Gasteiger charge is 2.31. The van der Waals surface area contributed by atoms with Gasteiger partial charge in [0.05, 0.1) is 15.9 Å². The van der Waals surface area contributed by atoms with Gasteiger partial charge >= 0.3 is 6.18 Å². The quantitative estimate of drug-likeness (QED) is 0.796. The van der Waals surface area contributed by atoms with Crippen molar-refractivity contribution in [3.05, 3.63) is 68.1 Å². The second kappa shape index (κ2) is 6.18. The van der Waals surface area contributed by atoms with Crippen molar-refractivity contribution in [2.45, 2.75) is 18.8 Å². The molecule has 1 aliphatic heterocycles. The third kappa shape index (κ3) is 3.70. The summed E-state index contributed by atoms with van der Waals surface area (Å²) in [6, 6.07) is 8.76. The summed E-state index contributed by atoms with van der Waals surface area (Å²) >= 11 is 4.96. The molecule has 2 N–H and O–H groups in total. The van der Waals surface area contributed by atoms with Crippen LogP contribution in [0.3, 0.4) is 0 Å². The molecule has 1 unspecified atom stereocenters. The Morgan fingerprint density at radius 3 is 2.43 bits per heavy atom. The van der Waals surface area contributed by atoms with Crippen molar-refractivity contribution in [2.24, 2.45) is 5.73 Å². The lowest BCUT2D eigenvalue weighted by atomic mass is 10.1. The van der Waals surface area contributed by atoms with Gasteiger partial charge in [0, 0.05) is 11.0 Å². The van der Waals surface area contributed by atoms with Crippen molar-refractivity contribution in [1.29, 1.82) is 0 Å². The Morgan fingerprint density at radius 2 is 1.87 bits per heavy atom. The van der Waals surface area contributed by atoms with Crippen molar-refractivity contribution >= 4 is 27.3 Å². The lowest BCUT2D eigenvalue weighted by molar-refractivity contribution is -0.137. The van der Waals surface area contributed by atoms with Crippen LogP contribution in [0.1, 0.15) is 22.0 Å². The van der Waals surface area contributed by atoms with Gasteiger partial charge in [-0.05, 0) is 45.8 Å². The Morgan fingerprint density at radius 1 is 1.17 bits per heavy atom. The molecule has 0 bridgehead atoms. The van der Waals surface area contributed by atoms with Crippen molar-refractivity contribution in [3.63, 3.8) is 0 Å². The molecular formula is C15H12BrF3N2OS. The van der Waals surface area contributed by atoms with E-state index in [-0.39, 0.29) is 11.9 Å². The first kappa shape index (κ1) is 16.4. The lowest BCUT2D eigenvalue weighted by Crippen LogP contribution is -2.22. The second-order valence-corrected chi connectivity index (χ2v) is 7.51. The number of hydroxylamine groups is 2. The van der Waals surface area contributed by atoms with Gasteiger partial charge in [-0.25, -0.2) is 0 Å². The maximum absolute atomic E-state index is 12.6. The highest BCUT2D eigenvalue weighted by molar-refractivity contribution is 9.11. The molecule has 1 aromatic carbocycles. The maximum atomic E-state index is 12.6. The van der Waals surface area contributed by atoms with Crippen molar-refractivity contribution in [3.8, 4) is 0 Å². The summed E-state index contributed by atoms with van der Waals surface area (Å²) in [6.45, 7) is 0.329. The predicted molar refractivity (Wildman–Crippen MR) is 85.1 cm³/mol. The van der Waals surface area contributed by atoms with Gasteiger partial charge in [0.15, 0.2) is 0 Å². The zero-order chi connectivity index (χ0) is 16.6. The molecule has 23 heavy (non-hydrogen) atoms. The summed E-state index contributed by atoms with van der Waals surface area (Å²) in [4.78, 5) is 6.51. The first-order chi connectivity index (χ1) is 10.8. The summed E-state index contributed by atoms with van der Waals surface area (Å²) in [5.74, 6) is 0.284. The number of rotatable bonds is 3. The summed E-state index contributed by atoms with van der Waals surface area (Å²) < 4.78 is 38.8. The average molecular weight is 405 g/mol.